The average Bonchev–Trinajstić information content (AvgIpc) is 3.09. The number of carbonyl (C=O) groups is 1. The van der Waals surface area contributed by atoms with Crippen molar-refractivity contribution >= 4 is 5.91 Å². The van der Waals surface area contributed by atoms with Gasteiger partial charge in [0.2, 0.25) is 5.91 Å². The first kappa shape index (κ1) is 13.6. The summed E-state index contributed by atoms with van der Waals surface area (Å²) in [7, 11) is 0. The first-order valence-corrected chi connectivity index (χ1v) is 7.82. The zero-order valence-electron chi connectivity index (χ0n) is 12.2. The van der Waals surface area contributed by atoms with Crippen LogP contribution in [0.25, 0.3) is 0 Å². The molecule has 1 amide bonds. The van der Waals surface area contributed by atoms with Gasteiger partial charge in [0.15, 0.2) is 0 Å². The topological polar surface area (TPSA) is 32.3 Å². The van der Waals surface area contributed by atoms with Gasteiger partial charge in [-0.15, -0.1) is 0 Å². The van der Waals surface area contributed by atoms with Gasteiger partial charge >= 0.3 is 0 Å². The molecule has 20 heavy (non-hydrogen) atoms. The zero-order chi connectivity index (χ0) is 13.9. The molecule has 1 aromatic rings. The highest BCUT2D eigenvalue weighted by Gasteiger charge is 2.34. The molecule has 1 N–H and O–H groups in total. The molecule has 1 aromatic carbocycles. The summed E-state index contributed by atoms with van der Waals surface area (Å²) in [5, 5.41) is 3.42. The van der Waals surface area contributed by atoms with Crippen LogP contribution in [-0.2, 0) is 4.79 Å². The predicted octanol–water partition coefficient (Wildman–Crippen LogP) is 2.53. The van der Waals surface area contributed by atoms with Crippen molar-refractivity contribution in [1.29, 1.82) is 0 Å². The Morgan fingerprint density at radius 1 is 1.35 bits per heavy atom. The number of nitrogens with one attached hydrogen (secondary N) is 1. The molecule has 2 fully saturated rings. The van der Waals surface area contributed by atoms with Crippen LogP contribution in [0.5, 0.6) is 0 Å². The number of amides is 1. The van der Waals surface area contributed by atoms with Crippen molar-refractivity contribution in [2.24, 2.45) is 0 Å². The van der Waals surface area contributed by atoms with E-state index in [1.54, 1.807) is 0 Å². The Labute approximate surface area is 121 Å². The van der Waals surface area contributed by atoms with Gasteiger partial charge in [-0.2, -0.15) is 0 Å². The van der Waals surface area contributed by atoms with Gasteiger partial charge in [-0.3, -0.25) is 4.79 Å². The van der Waals surface area contributed by atoms with Crippen LogP contribution in [0.4, 0.5) is 0 Å². The van der Waals surface area contributed by atoms with Gasteiger partial charge in [-0.25, -0.2) is 0 Å². The lowest BCUT2D eigenvalue weighted by Crippen LogP contribution is -2.37. The van der Waals surface area contributed by atoms with Crippen molar-refractivity contribution < 1.29 is 4.79 Å². The molecule has 0 saturated carbocycles. The standard InChI is InChI=1S/C17H24N2O/c1-13-10-15(14-6-3-2-4-7-14)12-19(13)17(20)11-16-8-5-9-18-16/h2-4,6-7,13,15-16,18H,5,8-12H2,1H3. The number of nitrogens with zero attached hydrogens (tertiary/aromatic N) is 1. The fourth-order valence-electron chi connectivity index (χ4n) is 3.60. The summed E-state index contributed by atoms with van der Waals surface area (Å²) in [5.74, 6) is 0.835. The average molecular weight is 272 g/mol. The minimum absolute atomic E-state index is 0.329. The molecule has 108 valence electrons. The molecule has 3 atom stereocenters. The molecule has 2 heterocycles. The van der Waals surface area contributed by atoms with Gasteiger partial charge in [0.1, 0.15) is 0 Å². The van der Waals surface area contributed by atoms with Crippen LogP contribution in [0.15, 0.2) is 30.3 Å². The molecule has 0 radical (unpaired) electrons. The number of hydrogen-bond donors (Lipinski definition) is 1. The van der Waals surface area contributed by atoms with Crippen molar-refractivity contribution in [3.63, 3.8) is 0 Å². The Hall–Kier alpha value is -1.35. The smallest absolute Gasteiger partial charge is 0.224 e. The van der Waals surface area contributed by atoms with Gasteiger partial charge in [0.05, 0.1) is 0 Å². The van der Waals surface area contributed by atoms with Gasteiger partial charge < -0.3 is 10.2 Å². The van der Waals surface area contributed by atoms with E-state index < -0.39 is 0 Å². The molecule has 0 spiro atoms. The molecule has 0 aliphatic carbocycles. The first-order chi connectivity index (χ1) is 9.74. The van der Waals surface area contributed by atoms with Crippen LogP contribution >= 0.6 is 0 Å². The SMILES string of the molecule is CC1CC(c2ccccc2)CN1C(=O)CC1CCCN1. The normalized spacial score (nSPS) is 29.9. The molecule has 2 saturated heterocycles. The van der Waals surface area contributed by atoms with E-state index in [1.165, 1.54) is 12.0 Å². The number of hydrogen-bond acceptors (Lipinski definition) is 2. The summed E-state index contributed by atoms with van der Waals surface area (Å²) >= 11 is 0. The lowest BCUT2D eigenvalue weighted by molar-refractivity contribution is -0.132. The number of benzene rings is 1. The Morgan fingerprint density at radius 3 is 2.85 bits per heavy atom. The van der Waals surface area contributed by atoms with Crippen LogP contribution in [-0.4, -0.2) is 36.0 Å². The predicted molar refractivity (Wildman–Crippen MR) is 80.6 cm³/mol. The van der Waals surface area contributed by atoms with Crippen molar-refractivity contribution in [1.82, 2.24) is 10.2 Å². The van der Waals surface area contributed by atoms with E-state index in [9.17, 15) is 4.79 Å². The van der Waals surface area contributed by atoms with E-state index in [1.807, 2.05) is 0 Å². The van der Waals surface area contributed by atoms with Crippen molar-refractivity contribution in [3.8, 4) is 0 Å². The van der Waals surface area contributed by atoms with Gasteiger partial charge in [-0.05, 0) is 38.3 Å². The second-order valence-electron chi connectivity index (χ2n) is 6.24. The highest BCUT2D eigenvalue weighted by atomic mass is 16.2. The summed E-state index contributed by atoms with van der Waals surface area (Å²) in [5.41, 5.74) is 1.37. The van der Waals surface area contributed by atoms with Crippen LogP contribution in [0.3, 0.4) is 0 Å². The Bertz CT molecular complexity index is 453. The first-order valence-electron chi connectivity index (χ1n) is 7.82. The molecule has 3 nitrogen and oxygen atoms in total. The third kappa shape index (κ3) is 2.88. The van der Waals surface area contributed by atoms with Crippen LogP contribution < -0.4 is 5.32 Å². The molecule has 0 bridgehead atoms. The van der Waals surface area contributed by atoms with Crippen molar-refractivity contribution in [3.05, 3.63) is 35.9 Å². The summed E-state index contributed by atoms with van der Waals surface area (Å²) in [6.45, 7) is 4.14. The Morgan fingerprint density at radius 2 is 2.15 bits per heavy atom. The minimum Gasteiger partial charge on any atom is -0.339 e. The summed E-state index contributed by atoms with van der Waals surface area (Å²) in [6.07, 6.45) is 4.12. The van der Waals surface area contributed by atoms with E-state index >= 15 is 0 Å². The molecule has 3 heteroatoms. The lowest BCUT2D eigenvalue weighted by atomic mass is 9.97. The maximum absolute atomic E-state index is 12.5. The largest absolute Gasteiger partial charge is 0.339 e. The third-order valence-corrected chi connectivity index (χ3v) is 4.75. The van der Waals surface area contributed by atoms with E-state index in [2.05, 4.69) is 47.5 Å². The Balaban J connectivity index is 1.61. The summed E-state index contributed by atoms with van der Waals surface area (Å²) in [6, 6.07) is 11.4. The number of likely N-dealkylation sites (tertiary alicyclic amines) is 1. The van der Waals surface area contributed by atoms with Gasteiger partial charge in [-0.1, -0.05) is 30.3 Å². The maximum atomic E-state index is 12.5. The van der Waals surface area contributed by atoms with Gasteiger partial charge in [0.25, 0.3) is 0 Å². The zero-order valence-corrected chi connectivity index (χ0v) is 12.2. The number of rotatable bonds is 3. The second-order valence-corrected chi connectivity index (χ2v) is 6.24. The van der Waals surface area contributed by atoms with Gasteiger partial charge in [0, 0.05) is 31.0 Å². The second kappa shape index (κ2) is 5.96. The molecule has 0 aromatic heterocycles. The van der Waals surface area contributed by atoms with E-state index in [0.29, 0.717) is 30.3 Å². The van der Waals surface area contributed by atoms with Crippen molar-refractivity contribution in [2.75, 3.05) is 13.1 Å². The fourth-order valence-corrected chi connectivity index (χ4v) is 3.60. The molecule has 2 aliphatic heterocycles. The molecule has 2 aliphatic rings. The van der Waals surface area contributed by atoms with Crippen LogP contribution in [0.1, 0.15) is 44.1 Å². The molecular formula is C17H24N2O. The fraction of sp³-hybridized carbons (Fsp3) is 0.588. The van der Waals surface area contributed by atoms with E-state index in [4.69, 9.17) is 0 Å². The third-order valence-electron chi connectivity index (χ3n) is 4.75. The molecule has 3 unspecified atom stereocenters. The minimum atomic E-state index is 0.329. The number of carbonyl (C=O) groups excluding carboxylic acids is 1. The quantitative estimate of drug-likeness (QED) is 0.917. The molecular weight excluding hydrogens is 248 g/mol. The van der Waals surface area contributed by atoms with Crippen LogP contribution in [0.2, 0.25) is 0 Å². The molecule has 3 rings (SSSR count). The van der Waals surface area contributed by atoms with E-state index in [0.717, 1.165) is 25.9 Å². The van der Waals surface area contributed by atoms with Crippen LogP contribution in [0, 0.1) is 0 Å². The van der Waals surface area contributed by atoms with Crippen molar-refractivity contribution in [2.45, 2.75) is 50.6 Å². The lowest BCUT2D eigenvalue weighted by Gasteiger charge is -2.23. The highest BCUT2D eigenvalue weighted by molar-refractivity contribution is 5.77. The highest BCUT2D eigenvalue weighted by Crippen LogP contribution is 2.32. The Kier molecular flexibility index (Phi) is 4.06. The monoisotopic (exact) mass is 272 g/mol. The van der Waals surface area contributed by atoms with E-state index in [-0.39, 0.29) is 0 Å². The summed E-state index contributed by atoms with van der Waals surface area (Å²) < 4.78 is 0. The summed E-state index contributed by atoms with van der Waals surface area (Å²) in [4.78, 5) is 14.6. The maximum Gasteiger partial charge on any atom is 0.224 e.